The molecule has 5 rings (SSSR count). The Labute approximate surface area is 203 Å². The number of aromatic nitrogens is 4. The lowest BCUT2D eigenvalue weighted by Crippen LogP contribution is -2.29. The van der Waals surface area contributed by atoms with Crippen LogP contribution in [0.4, 0.5) is 11.4 Å². The maximum atomic E-state index is 13.3. The number of rotatable bonds is 5. The number of halogens is 1. The molecule has 1 fully saturated rings. The van der Waals surface area contributed by atoms with Gasteiger partial charge in [0.1, 0.15) is 5.75 Å². The zero-order valence-electron chi connectivity index (χ0n) is 18.4. The van der Waals surface area contributed by atoms with Crippen LogP contribution in [0, 0.1) is 0 Å². The Hall–Kier alpha value is -3.91. The van der Waals surface area contributed by atoms with E-state index in [1.54, 1.807) is 12.1 Å². The van der Waals surface area contributed by atoms with E-state index in [1.165, 1.54) is 6.42 Å². The van der Waals surface area contributed by atoms with Gasteiger partial charge < -0.3 is 15.3 Å². The predicted octanol–water partition coefficient (Wildman–Crippen LogP) is 4.90. The van der Waals surface area contributed by atoms with Gasteiger partial charge in [-0.2, -0.15) is 5.21 Å². The SMILES string of the molecule is Cl.O=C(Nc1cc(-c2ccccc2)ccc1-c1nn[nH]n1)c1cc(N2CCCCC2)ccc1O. The first kappa shape index (κ1) is 23.3. The Kier molecular flexibility index (Phi) is 7.08. The highest BCUT2D eigenvalue weighted by Crippen LogP contribution is 2.32. The fourth-order valence-electron chi connectivity index (χ4n) is 4.17. The molecule has 4 aromatic rings. The summed E-state index contributed by atoms with van der Waals surface area (Å²) in [6.07, 6.45) is 3.48. The van der Waals surface area contributed by atoms with Gasteiger partial charge in [-0.05, 0) is 65.9 Å². The second kappa shape index (κ2) is 10.4. The van der Waals surface area contributed by atoms with Crippen molar-refractivity contribution in [2.45, 2.75) is 19.3 Å². The molecule has 174 valence electrons. The summed E-state index contributed by atoms with van der Waals surface area (Å²) >= 11 is 0. The van der Waals surface area contributed by atoms with Crippen LogP contribution in [-0.4, -0.2) is 44.7 Å². The molecular weight excluding hydrogens is 452 g/mol. The molecule has 0 atom stereocenters. The van der Waals surface area contributed by atoms with Crippen LogP contribution in [-0.2, 0) is 0 Å². The van der Waals surface area contributed by atoms with Crippen molar-refractivity contribution in [1.29, 1.82) is 0 Å². The van der Waals surface area contributed by atoms with Crippen LogP contribution < -0.4 is 10.2 Å². The maximum Gasteiger partial charge on any atom is 0.259 e. The number of H-pyrrole nitrogens is 1. The zero-order chi connectivity index (χ0) is 22.6. The molecule has 0 radical (unpaired) electrons. The molecule has 9 heteroatoms. The van der Waals surface area contributed by atoms with E-state index in [0.29, 0.717) is 17.1 Å². The van der Waals surface area contributed by atoms with Crippen LogP contribution in [0.3, 0.4) is 0 Å². The predicted molar refractivity (Wildman–Crippen MR) is 134 cm³/mol. The van der Waals surface area contributed by atoms with E-state index in [9.17, 15) is 9.90 Å². The van der Waals surface area contributed by atoms with E-state index in [1.807, 2.05) is 54.6 Å². The van der Waals surface area contributed by atoms with E-state index < -0.39 is 5.91 Å². The third-order valence-corrected chi connectivity index (χ3v) is 5.91. The fraction of sp³-hybridized carbons (Fsp3) is 0.200. The molecule has 0 spiro atoms. The molecule has 34 heavy (non-hydrogen) atoms. The monoisotopic (exact) mass is 476 g/mol. The van der Waals surface area contributed by atoms with E-state index >= 15 is 0 Å². The smallest absolute Gasteiger partial charge is 0.259 e. The summed E-state index contributed by atoms with van der Waals surface area (Å²) in [5.74, 6) is -0.0916. The van der Waals surface area contributed by atoms with Crippen molar-refractivity contribution < 1.29 is 9.90 Å². The van der Waals surface area contributed by atoms with E-state index in [4.69, 9.17) is 0 Å². The zero-order valence-corrected chi connectivity index (χ0v) is 19.3. The van der Waals surface area contributed by atoms with E-state index in [-0.39, 0.29) is 23.7 Å². The van der Waals surface area contributed by atoms with E-state index in [0.717, 1.165) is 42.7 Å². The number of anilines is 2. The lowest BCUT2D eigenvalue weighted by atomic mass is 10.0. The minimum atomic E-state index is -0.402. The molecule has 3 aromatic carbocycles. The number of aromatic hydroxyl groups is 1. The highest BCUT2D eigenvalue weighted by molar-refractivity contribution is 6.08. The Morgan fingerprint density at radius 2 is 1.74 bits per heavy atom. The number of nitrogens with zero attached hydrogens (tertiary/aromatic N) is 4. The highest BCUT2D eigenvalue weighted by Gasteiger charge is 2.19. The first-order valence-electron chi connectivity index (χ1n) is 11.0. The summed E-state index contributed by atoms with van der Waals surface area (Å²) < 4.78 is 0. The van der Waals surface area contributed by atoms with Gasteiger partial charge in [0.15, 0.2) is 0 Å². The van der Waals surface area contributed by atoms with E-state index in [2.05, 4.69) is 30.8 Å². The van der Waals surface area contributed by atoms with Gasteiger partial charge in [0.05, 0.1) is 11.3 Å². The Bertz CT molecular complexity index is 1260. The molecule has 0 unspecified atom stereocenters. The molecule has 2 heterocycles. The average molecular weight is 477 g/mol. The Morgan fingerprint density at radius 3 is 2.47 bits per heavy atom. The standard InChI is InChI=1S/C25H24N6O2.ClH/c32-23-12-10-19(31-13-5-2-6-14-31)16-21(23)25(33)26-22-15-18(17-7-3-1-4-8-17)9-11-20(22)24-27-29-30-28-24;/h1,3-4,7-12,15-16,32H,2,5-6,13-14H2,(H,26,33)(H,27,28,29,30);1H. The molecule has 1 amide bonds. The molecule has 0 bridgehead atoms. The lowest BCUT2D eigenvalue weighted by molar-refractivity contribution is 0.102. The summed E-state index contributed by atoms with van der Waals surface area (Å²) in [5, 5.41) is 27.6. The van der Waals surface area contributed by atoms with Crippen molar-refractivity contribution in [2.24, 2.45) is 0 Å². The number of benzene rings is 3. The third-order valence-electron chi connectivity index (χ3n) is 5.91. The number of carbonyl (C=O) groups excluding carboxylic acids is 1. The topological polar surface area (TPSA) is 107 Å². The van der Waals surface area contributed by atoms with Crippen LogP contribution in [0.1, 0.15) is 29.6 Å². The van der Waals surface area contributed by atoms with Crippen LogP contribution in [0.2, 0.25) is 0 Å². The average Bonchev–Trinajstić information content (AvgIpc) is 3.40. The maximum absolute atomic E-state index is 13.3. The summed E-state index contributed by atoms with van der Waals surface area (Å²) in [6, 6.07) is 20.8. The second-order valence-electron chi connectivity index (χ2n) is 8.07. The van der Waals surface area contributed by atoms with Crippen LogP contribution in [0.15, 0.2) is 66.7 Å². The number of phenols is 1. The molecular formula is C25H25ClN6O2. The first-order chi connectivity index (χ1) is 16.2. The van der Waals surface area contributed by atoms with Crippen LogP contribution >= 0.6 is 12.4 Å². The normalized spacial score (nSPS) is 13.2. The number of phenolic OH excluding ortho intramolecular Hbond substituents is 1. The van der Waals surface area contributed by atoms with Crippen molar-refractivity contribution in [2.75, 3.05) is 23.3 Å². The molecule has 1 saturated heterocycles. The Morgan fingerprint density at radius 1 is 0.941 bits per heavy atom. The van der Waals surface area contributed by atoms with Gasteiger partial charge in [0, 0.05) is 24.3 Å². The molecule has 3 N–H and O–H groups in total. The largest absolute Gasteiger partial charge is 0.507 e. The van der Waals surface area contributed by atoms with Crippen LogP contribution in [0.25, 0.3) is 22.5 Å². The number of piperidine rings is 1. The highest BCUT2D eigenvalue weighted by atomic mass is 35.5. The van der Waals surface area contributed by atoms with Gasteiger partial charge in [0.25, 0.3) is 5.91 Å². The number of hydrogen-bond donors (Lipinski definition) is 3. The number of hydrogen-bond acceptors (Lipinski definition) is 6. The van der Waals surface area contributed by atoms with Crippen LogP contribution in [0.5, 0.6) is 5.75 Å². The van der Waals surface area contributed by atoms with Gasteiger partial charge in [-0.15, -0.1) is 22.6 Å². The molecule has 8 nitrogen and oxygen atoms in total. The second-order valence-corrected chi connectivity index (χ2v) is 8.07. The van der Waals surface area contributed by atoms with Crippen molar-refractivity contribution >= 4 is 29.7 Å². The number of aromatic amines is 1. The fourth-order valence-corrected chi connectivity index (χ4v) is 4.17. The number of amides is 1. The van der Waals surface area contributed by atoms with Crippen molar-refractivity contribution in [1.82, 2.24) is 20.6 Å². The number of tetrazole rings is 1. The van der Waals surface area contributed by atoms with Crippen molar-refractivity contribution in [3.05, 3.63) is 72.3 Å². The van der Waals surface area contributed by atoms with Gasteiger partial charge >= 0.3 is 0 Å². The lowest BCUT2D eigenvalue weighted by Gasteiger charge is -2.29. The van der Waals surface area contributed by atoms with Gasteiger partial charge in [-0.3, -0.25) is 4.79 Å². The molecule has 0 saturated carbocycles. The molecule has 0 aliphatic carbocycles. The Balaban J connectivity index is 0.00000274. The molecule has 1 aromatic heterocycles. The molecule has 1 aliphatic heterocycles. The summed E-state index contributed by atoms with van der Waals surface area (Å²) in [5.41, 5.74) is 4.28. The summed E-state index contributed by atoms with van der Waals surface area (Å²) in [4.78, 5) is 15.5. The number of nitrogens with one attached hydrogen (secondary N) is 2. The van der Waals surface area contributed by atoms with Crippen molar-refractivity contribution in [3.8, 4) is 28.3 Å². The van der Waals surface area contributed by atoms with Crippen molar-refractivity contribution in [3.63, 3.8) is 0 Å². The first-order valence-corrected chi connectivity index (χ1v) is 11.0. The van der Waals surface area contributed by atoms with Gasteiger partial charge in [0.2, 0.25) is 5.82 Å². The summed E-state index contributed by atoms with van der Waals surface area (Å²) in [7, 11) is 0. The number of carbonyl (C=O) groups is 1. The minimum Gasteiger partial charge on any atom is -0.507 e. The quantitative estimate of drug-likeness (QED) is 0.378. The van der Waals surface area contributed by atoms with Gasteiger partial charge in [-0.25, -0.2) is 0 Å². The summed E-state index contributed by atoms with van der Waals surface area (Å²) in [6.45, 7) is 1.90. The van der Waals surface area contributed by atoms with Gasteiger partial charge in [-0.1, -0.05) is 36.4 Å². The minimum absolute atomic E-state index is 0. The third kappa shape index (κ3) is 4.87. The molecule has 1 aliphatic rings.